The van der Waals surface area contributed by atoms with Gasteiger partial charge in [-0.3, -0.25) is 0 Å². The van der Waals surface area contributed by atoms with E-state index >= 15 is 0 Å². The van der Waals surface area contributed by atoms with Crippen LogP contribution in [0.1, 0.15) is 5.56 Å². The van der Waals surface area contributed by atoms with Gasteiger partial charge in [-0.25, -0.2) is 15.5 Å². The van der Waals surface area contributed by atoms with Gasteiger partial charge in [-0.05, 0) is 18.2 Å². The Labute approximate surface area is 108 Å². The van der Waals surface area contributed by atoms with Crippen LogP contribution in [0.25, 0.3) is 0 Å². The van der Waals surface area contributed by atoms with Crippen LogP contribution < -0.4 is 20.6 Å². The minimum atomic E-state index is -0.927. The summed E-state index contributed by atoms with van der Waals surface area (Å²) in [6.45, 7) is 0. The quantitative estimate of drug-likeness (QED) is 0.338. The van der Waals surface area contributed by atoms with Crippen molar-refractivity contribution in [3.8, 4) is 11.5 Å². The zero-order valence-electron chi connectivity index (χ0n) is 10.4. The number of nitrogens with two attached hydrogens (primary N) is 1. The Balaban J connectivity index is 2.83. The average Bonchev–Trinajstić information content (AvgIpc) is 2.37. The highest BCUT2D eigenvalue weighted by atomic mass is 16.7. The van der Waals surface area contributed by atoms with Crippen LogP contribution in [0.5, 0.6) is 11.5 Å². The first-order valence-electron chi connectivity index (χ1n) is 5.06. The second-order valence-corrected chi connectivity index (χ2v) is 3.20. The molecule has 0 atom stereocenters. The van der Waals surface area contributed by atoms with E-state index in [0.29, 0.717) is 17.1 Å². The molecule has 0 radical (unpaired) electrons. The van der Waals surface area contributed by atoms with Crippen LogP contribution in [0, 0.1) is 10.1 Å². The molecule has 3 N–H and O–H groups in total. The predicted molar refractivity (Wildman–Crippen MR) is 68.9 cm³/mol. The number of hydrazone groups is 2. The lowest BCUT2D eigenvalue weighted by Gasteiger charge is -2.06. The maximum absolute atomic E-state index is 10.0. The molecule has 1 aromatic rings. The van der Waals surface area contributed by atoms with Crippen LogP contribution in [0.15, 0.2) is 28.4 Å². The summed E-state index contributed by atoms with van der Waals surface area (Å²) in [4.78, 5) is 10.0. The first-order chi connectivity index (χ1) is 9.06. The van der Waals surface area contributed by atoms with Gasteiger partial charge in [0.25, 0.3) is 5.96 Å². The fraction of sp³-hybridized carbons (Fsp3) is 0.200. The van der Waals surface area contributed by atoms with Crippen molar-refractivity contribution in [1.82, 2.24) is 5.43 Å². The molecule has 0 amide bonds. The van der Waals surface area contributed by atoms with E-state index in [1.54, 1.807) is 18.2 Å². The molecule has 0 saturated carbocycles. The Morgan fingerprint density at radius 3 is 2.79 bits per heavy atom. The lowest BCUT2D eigenvalue weighted by molar-refractivity contribution is -0.485. The van der Waals surface area contributed by atoms with Crippen molar-refractivity contribution in [2.24, 2.45) is 15.9 Å². The maximum Gasteiger partial charge on any atom is 0.286 e. The third kappa shape index (κ3) is 4.50. The standard InChI is InChI=1S/C10H13N5O4/c1-18-8-3-4-9(19-2)7(5-8)6-12-13-10(11)14-15(16)17/h3-6H,1-2H3,(H3,11,13,14)/b12-6-. The first-order valence-corrected chi connectivity index (χ1v) is 5.06. The summed E-state index contributed by atoms with van der Waals surface area (Å²) in [5.41, 5.74) is 8.02. The van der Waals surface area contributed by atoms with Gasteiger partial charge in [0.2, 0.25) is 0 Å². The molecular weight excluding hydrogens is 254 g/mol. The SMILES string of the molecule is COc1ccc(OC)c(/C=N\N/C(N)=N\[N+](=O)[O-])c1. The zero-order chi connectivity index (χ0) is 14.3. The number of guanidine groups is 1. The Morgan fingerprint density at radius 1 is 1.47 bits per heavy atom. The molecule has 1 aromatic carbocycles. The average molecular weight is 267 g/mol. The highest BCUT2D eigenvalue weighted by Crippen LogP contribution is 2.22. The van der Waals surface area contributed by atoms with Gasteiger partial charge in [0.1, 0.15) is 16.6 Å². The molecule has 9 heteroatoms. The topological polar surface area (TPSA) is 124 Å². The Bertz CT molecular complexity index is 515. The maximum atomic E-state index is 10.0. The molecule has 0 aliphatic rings. The van der Waals surface area contributed by atoms with Gasteiger partial charge in [0, 0.05) is 5.56 Å². The van der Waals surface area contributed by atoms with Gasteiger partial charge in [-0.15, -0.1) is 0 Å². The minimum absolute atomic E-state index is 0.428. The zero-order valence-corrected chi connectivity index (χ0v) is 10.4. The number of hydrogen-bond donors (Lipinski definition) is 2. The third-order valence-electron chi connectivity index (χ3n) is 2.01. The summed E-state index contributed by atoms with van der Waals surface area (Å²) in [7, 11) is 3.04. The van der Waals surface area contributed by atoms with E-state index < -0.39 is 11.0 Å². The third-order valence-corrected chi connectivity index (χ3v) is 2.01. The van der Waals surface area contributed by atoms with E-state index in [0.717, 1.165) is 0 Å². The Morgan fingerprint density at radius 2 is 2.21 bits per heavy atom. The van der Waals surface area contributed by atoms with Crippen LogP contribution in [0.3, 0.4) is 0 Å². The van der Waals surface area contributed by atoms with Gasteiger partial charge >= 0.3 is 0 Å². The molecule has 19 heavy (non-hydrogen) atoms. The summed E-state index contributed by atoms with van der Waals surface area (Å²) < 4.78 is 10.2. The molecule has 0 unspecified atom stereocenters. The summed E-state index contributed by atoms with van der Waals surface area (Å²) >= 11 is 0. The van der Waals surface area contributed by atoms with Crippen LogP contribution >= 0.6 is 0 Å². The molecule has 1 rings (SSSR count). The largest absolute Gasteiger partial charge is 0.497 e. The van der Waals surface area contributed by atoms with Crippen molar-refractivity contribution < 1.29 is 14.5 Å². The second-order valence-electron chi connectivity index (χ2n) is 3.20. The number of nitrogens with zero attached hydrogens (tertiary/aromatic N) is 3. The number of nitrogens with one attached hydrogen (secondary N) is 1. The van der Waals surface area contributed by atoms with Crippen molar-refractivity contribution >= 4 is 12.2 Å². The first kappa shape index (κ1) is 14.2. The van der Waals surface area contributed by atoms with Gasteiger partial charge in [0.15, 0.2) is 5.03 Å². The molecule has 0 aliphatic heterocycles. The number of benzene rings is 1. The fourth-order valence-electron chi connectivity index (χ4n) is 1.22. The molecule has 0 aromatic heterocycles. The van der Waals surface area contributed by atoms with Crippen molar-refractivity contribution in [3.05, 3.63) is 33.9 Å². The van der Waals surface area contributed by atoms with Crippen LogP contribution in [0.4, 0.5) is 0 Å². The van der Waals surface area contributed by atoms with Gasteiger partial charge in [-0.1, -0.05) is 0 Å². The molecule has 0 fully saturated rings. The van der Waals surface area contributed by atoms with Crippen molar-refractivity contribution in [3.63, 3.8) is 0 Å². The molecule has 0 spiro atoms. The van der Waals surface area contributed by atoms with Crippen LogP contribution in [-0.4, -0.2) is 31.4 Å². The number of nitro groups is 1. The number of ether oxygens (including phenoxy) is 2. The molecule has 0 saturated heterocycles. The number of methoxy groups -OCH3 is 2. The molecule has 0 bridgehead atoms. The molecule has 0 heterocycles. The van der Waals surface area contributed by atoms with E-state index in [9.17, 15) is 10.1 Å². The Hall–Kier alpha value is -2.84. The fourth-order valence-corrected chi connectivity index (χ4v) is 1.22. The second kappa shape index (κ2) is 6.79. The lowest BCUT2D eigenvalue weighted by atomic mass is 10.2. The monoisotopic (exact) mass is 267 g/mol. The van der Waals surface area contributed by atoms with Crippen molar-refractivity contribution in [2.45, 2.75) is 0 Å². The molecule has 0 aliphatic carbocycles. The molecule has 9 nitrogen and oxygen atoms in total. The molecular formula is C10H13N5O4. The summed E-state index contributed by atoms with van der Waals surface area (Å²) in [6.07, 6.45) is 1.38. The lowest BCUT2D eigenvalue weighted by Crippen LogP contribution is -2.28. The molecule has 102 valence electrons. The highest BCUT2D eigenvalue weighted by molar-refractivity contribution is 5.86. The predicted octanol–water partition coefficient (Wildman–Crippen LogP) is 0.134. The van der Waals surface area contributed by atoms with E-state index in [2.05, 4.69) is 15.6 Å². The van der Waals surface area contributed by atoms with Crippen molar-refractivity contribution in [2.75, 3.05) is 14.2 Å². The highest BCUT2D eigenvalue weighted by Gasteiger charge is 2.02. The number of hydrogen-bond acceptors (Lipinski definition) is 5. The van der Waals surface area contributed by atoms with Crippen LogP contribution in [-0.2, 0) is 0 Å². The summed E-state index contributed by atoms with van der Waals surface area (Å²) in [6, 6.07) is 5.12. The normalized spacial score (nSPS) is 11.4. The van der Waals surface area contributed by atoms with E-state index in [4.69, 9.17) is 15.2 Å². The number of rotatable bonds is 5. The van der Waals surface area contributed by atoms with E-state index in [-0.39, 0.29) is 0 Å². The summed E-state index contributed by atoms with van der Waals surface area (Å²) in [5.74, 6) is 0.758. The minimum Gasteiger partial charge on any atom is -0.497 e. The van der Waals surface area contributed by atoms with Gasteiger partial charge in [-0.2, -0.15) is 5.10 Å². The smallest absolute Gasteiger partial charge is 0.286 e. The summed E-state index contributed by atoms with van der Waals surface area (Å²) in [5, 5.41) is 15.6. The van der Waals surface area contributed by atoms with Gasteiger partial charge < -0.3 is 15.2 Å². The van der Waals surface area contributed by atoms with E-state index in [1.165, 1.54) is 20.4 Å². The van der Waals surface area contributed by atoms with Gasteiger partial charge in [0.05, 0.1) is 20.4 Å². The van der Waals surface area contributed by atoms with E-state index in [1.807, 2.05) is 0 Å². The Kier molecular flexibility index (Phi) is 5.08. The van der Waals surface area contributed by atoms with Crippen LogP contribution in [0.2, 0.25) is 0 Å². The van der Waals surface area contributed by atoms with Crippen molar-refractivity contribution in [1.29, 1.82) is 0 Å².